The summed E-state index contributed by atoms with van der Waals surface area (Å²) in [5.74, 6) is -1.60. The third kappa shape index (κ3) is 1.57. The van der Waals surface area contributed by atoms with E-state index < -0.39 is 11.8 Å². The number of hydrogen-bond acceptors (Lipinski definition) is 3. The topological polar surface area (TPSA) is 50.1 Å². The fourth-order valence-corrected chi connectivity index (χ4v) is 1.08. The maximum atomic E-state index is 13.4. The van der Waals surface area contributed by atoms with E-state index in [-0.39, 0.29) is 11.1 Å². The van der Waals surface area contributed by atoms with Crippen molar-refractivity contribution in [2.24, 2.45) is 0 Å². The SMILES string of the molecule is COC(=O)c1ccc(C)c(C#N)c1F. The van der Waals surface area contributed by atoms with Crippen LogP contribution in [0.5, 0.6) is 0 Å². The number of halogens is 1. The Balaban J connectivity index is 3.37. The van der Waals surface area contributed by atoms with E-state index in [1.165, 1.54) is 12.1 Å². The molecule has 0 heterocycles. The highest BCUT2D eigenvalue weighted by Gasteiger charge is 2.16. The van der Waals surface area contributed by atoms with Crippen molar-refractivity contribution in [3.63, 3.8) is 0 Å². The second-order valence-corrected chi connectivity index (χ2v) is 2.72. The lowest BCUT2D eigenvalue weighted by Crippen LogP contribution is -2.06. The van der Waals surface area contributed by atoms with Crippen LogP contribution in [0, 0.1) is 24.1 Å². The molecule has 4 heteroatoms. The molecule has 72 valence electrons. The minimum atomic E-state index is -0.820. The molecule has 0 saturated heterocycles. The molecule has 1 rings (SSSR count). The first-order valence-electron chi connectivity index (χ1n) is 3.89. The molecular formula is C10H8FNO2. The number of ether oxygens (including phenoxy) is 1. The van der Waals surface area contributed by atoms with Crippen LogP contribution >= 0.6 is 0 Å². The van der Waals surface area contributed by atoms with Gasteiger partial charge in [0.25, 0.3) is 0 Å². The number of esters is 1. The van der Waals surface area contributed by atoms with Crippen LogP contribution in [0.15, 0.2) is 12.1 Å². The van der Waals surface area contributed by atoms with E-state index in [2.05, 4.69) is 4.74 Å². The lowest BCUT2D eigenvalue weighted by atomic mass is 10.1. The number of aryl methyl sites for hydroxylation is 1. The van der Waals surface area contributed by atoms with E-state index >= 15 is 0 Å². The second kappa shape index (κ2) is 3.88. The van der Waals surface area contributed by atoms with Crippen LogP contribution in [0.1, 0.15) is 21.5 Å². The molecule has 0 atom stereocenters. The maximum Gasteiger partial charge on any atom is 0.340 e. The van der Waals surface area contributed by atoms with Gasteiger partial charge in [0, 0.05) is 0 Å². The van der Waals surface area contributed by atoms with E-state index in [1.54, 1.807) is 13.0 Å². The monoisotopic (exact) mass is 193 g/mol. The standard InChI is InChI=1S/C10H8FNO2/c1-6-3-4-7(10(13)14-2)9(11)8(6)5-12/h3-4H,1-2H3. The molecule has 0 amide bonds. The summed E-state index contributed by atoms with van der Waals surface area (Å²) >= 11 is 0. The van der Waals surface area contributed by atoms with Gasteiger partial charge in [0.05, 0.1) is 18.2 Å². The molecule has 0 bridgehead atoms. The highest BCUT2D eigenvalue weighted by Crippen LogP contribution is 2.16. The summed E-state index contributed by atoms with van der Waals surface area (Å²) in [4.78, 5) is 11.0. The van der Waals surface area contributed by atoms with Crippen molar-refractivity contribution < 1.29 is 13.9 Å². The molecule has 1 aromatic rings. The molecule has 0 radical (unpaired) electrons. The lowest BCUT2D eigenvalue weighted by molar-refractivity contribution is 0.0595. The van der Waals surface area contributed by atoms with Gasteiger partial charge in [-0.1, -0.05) is 6.07 Å². The highest BCUT2D eigenvalue weighted by molar-refractivity contribution is 5.90. The zero-order chi connectivity index (χ0) is 10.7. The Morgan fingerprint density at radius 2 is 2.21 bits per heavy atom. The Hall–Kier alpha value is -1.89. The molecule has 0 aromatic heterocycles. The molecule has 0 spiro atoms. The molecule has 0 unspecified atom stereocenters. The van der Waals surface area contributed by atoms with Crippen LogP contribution in [0.25, 0.3) is 0 Å². The lowest BCUT2D eigenvalue weighted by Gasteiger charge is -2.04. The van der Waals surface area contributed by atoms with Gasteiger partial charge >= 0.3 is 5.97 Å². The zero-order valence-corrected chi connectivity index (χ0v) is 7.80. The fraction of sp³-hybridized carbons (Fsp3) is 0.200. The Labute approximate surface area is 80.7 Å². The van der Waals surface area contributed by atoms with Gasteiger partial charge in [-0.05, 0) is 18.6 Å². The van der Waals surface area contributed by atoms with Crippen molar-refractivity contribution in [2.75, 3.05) is 7.11 Å². The molecule has 1 aromatic carbocycles. The average Bonchev–Trinajstić information content (AvgIpc) is 2.18. The Morgan fingerprint density at radius 3 is 2.71 bits per heavy atom. The average molecular weight is 193 g/mol. The number of benzene rings is 1. The van der Waals surface area contributed by atoms with Crippen LogP contribution in [-0.4, -0.2) is 13.1 Å². The van der Waals surface area contributed by atoms with Gasteiger partial charge in [-0.3, -0.25) is 0 Å². The molecule has 0 aliphatic heterocycles. The van der Waals surface area contributed by atoms with E-state index in [0.717, 1.165) is 7.11 Å². The highest BCUT2D eigenvalue weighted by atomic mass is 19.1. The third-order valence-electron chi connectivity index (χ3n) is 1.87. The van der Waals surface area contributed by atoms with Crippen LogP contribution in [-0.2, 0) is 4.74 Å². The second-order valence-electron chi connectivity index (χ2n) is 2.72. The van der Waals surface area contributed by atoms with E-state index in [4.69, 9.17) is 5.26 Å². The maximum absolute atomic E-state index is 13.4. The van der Waals surface area contributed by atoms with Crippen molar-refractivity contribution in [1.82, 2.24) is 0 Å². The summed E-state index contributed by atoms with van der Waals surface area (Å²) in [6.07, 6.45) is 0. The molecule has 0 fully saturated rings. The van der Waals surface area contributed by atoms with Crippen LogP contribution < -0.4 is 0 Å². The van der Waals surface area contributed by atoms with Crippen molar-refractivity contribution in [3.8, 4) is 6.07 Å². The number of carbonyl (C=O) groups is 1. The van der Waals surface area contributed by atoms with Gasteiger partial charge in [-0.2, -0.15) is 5.26 Å². The van der Waals surface area contributed by atoms with E-state index in [9.17, 15) is 9.18 Å². The Bertz CT molecular complexity index is 421. The third-order valence-corrected chi connectivity index (χ3v) is 1.87. The molecule has 0 saturated carbocycles. The minimum Gasteiger partial charge on any atom is -0.465 e. The first-order chi connectivity index (χ1) is 6.61. The number of nitriles is 1. The zero-order valence-electron chi connectivity index (χ0n) is 7.80. The van der Waals surface area contributed by atoms with E-state index in [1.807, 2.05) is 0 Å². The predicted molar refractivity (Wildman–Crippen MR) is 47.2 cm³/mol. The van der Waals surface area contributed by atoms with Crippen LogP contribution in [0.2, 0.25) is 0 Å². The van der Waals surface area contributed by atoms with Crippen molar-refractivity contribution in [2.45, 2.75) is 6.92 Å². The fourth-order valence-electron chi connectivity index (χ4n) is 1.08. The Morgan fingerprint density at radius 1 is 1.57 bits per heavy atom. The molecule has 0 N–H and O–H groups in total. The number of rotatable bonds is 1. The number of carbonyl (C=O) groups excluding carboxylic acids is 1. The van der Waals surface area contributed by atoms with Crippen molar-refractivity contribution in [3.05, 3.63) is 34.6 Å². The van der Waals surface area contributed by atoms with Crippen LogP contribution in [0.3, 0.4) is 0 Å². The van der Waals surface area contributed by atoms with Crippen molar-refractivity contribution in [1.29, 1.82) is 5.26 Å². The first-order valence-corrected chi connectivity index (χ1v) is 3.89. The van der Waals surface area contributed by atoms with Gasteiger partial charge < -0.3 is 4.74 Å². The van der Waals surface area contributed by atoms with E-state index in [0.29, 0.717) is 5.56 Å². The van der Waals surface area contributed by atoms with Gasteiger partial charge in [0.2, 0.25) is 0 Å². The van der Waals surface area contributed by atoms with Gasteiger partial charge in [0.1, 0.15) is 6.07 Å². The molecule has 0 aliphatic rings. The first kappa shape index (κ1) is 10.2. The molecular weight excluding hydrogens is 185 g/mol. The summed E-state index contributed by atoms with van der Waals surface area (Å²) in [5, 5.41) is 8.64. The summed E-state index contributed by atoms with van der Waals surface area (Å²) in [6.45, 7) is 1.60. The van der Waals surface area contributed by atoms with Crippen molar-refractivity contribution >= 4 is 5.97 Å². The molecule has 14 heavy (non-hydrogen) atoms. The van der Waals surface area contributed by atoms with Gasteiger partial charge in [0.15, 0.2) is 5.82 Å². The minimum absolute atomic E-state index is 0.118. The quantitative estimate of drug-likeness (QED) is 0.639. The Kier molecular flexibility index (Phi) is 2.82. The smallest absolute Gasteiger partial charge is 0.340 e. The molecule has 3 nitrogen and oxygen atoms in total. The number of nitrogens with zero attached hydrogens (tertiary/aromatic N) is 1. The predicted octanol–water partition coefficient (Wildman–Crippen LogP) is 1.79. The summed E-state index contributed by atoms with van der Waals surface area (Å²) in [7, 11) is 1.16. The summed E-state index contributed by atoms with van der Waals surface area (Å²) in [6, 6.07) is 4.51. The summed E-state index contributed by atoms with van der Waals surface area (Å²) in [5.41, 5.74) is 0.167. The number of hydrogen-bond donors (Lipinski definition) is 0. The van der Waals surface area contributed by atoms with Crippen LogP contribution in [0.4, 0.5) is 4.39 Å². The van der Waals surface area contributed by atoms with Gasteiger partial charge in [-0.25, -0.2) is 9.18 Å². The van der Waals surface area contributed by atoms with Gasteiger partial charge in [-0.15, -0.1) is 0 Å². The number of methoxy groups -OCH3 is 1. The molecule has 0 aliphatic carbocycles. The normalized spacial score (nSPS) is 9.29. The largest absolute Gasteiger partial charge is 0.465 e. The summed E-state index contributed by atoms with van der Waals surface area (Å²) < 4.78 is 17.8.